The zero-order valence-corrected chi connectivity index (χ0v) is 11.2. The first-order chi connectivity index (χ1) is 10.5. The lowest BCUT2D eigenvalue weighted by atomic mass is 10.3. The van der Waals surface area contributed by atoms with Gasteiger partial charge in [-0.15, -0.1) is 5.92 Å². The summed E-state index contributed by atoms with van der Waals surface area (Å²) in [7, 11) is 0. The maximum Gasteiger partial charge on any atom is 0.226 e. The molecule has 0 radical (unpaired) electrons. The van der Waals surface area contributed by atoms with E-state index in [4.69, 9.17) is 9.47 Å². The van der Waals surface area contributed by atoms with Crippen LogP contribution in [0.2, 0.25) is 0 Å². The topological polar surface area (TPSA) is 44.2 Å². The van der Waals surface area contributed by atoms with E-state index in [1.165, 1.54) is 0 Å². The predicted molar refractivity (Wildman–Crippen MR) is 67.3 cm³/mol. The Morgan fingerprint density at radius 3 is 2.27 bits per heavy atom. The van der Waals surface area contributed by atoms with Gasteiger partial charge in [0.25, 0.3) is 0 Å². The van der Waals surface area contributed by atoms with Crippen LogP contribution in [0.4, 0.5) is 17.6 Å². The van der Waals surface area contributed by atoms with Crippen LogP contribution in [0.5, 0.6) is 17.5 Å². The van der Waals surface area contributed by atoms with Crippen LogP contribution < -0.4 is 9.47 Å². The summed E-state index contributed by atoms with van der Waals surface area (Å²) in [4.78, 5) is 7.29. The molecule has 0 saturated carbocycles. The molecule has 0 atom stereocenters. The van der Waals surface area contributed by atoms with Gasteiger partial charge in [-0.3, -0.25) is 0 Å². The second kappa shape index (κ2) is 6.76. The Hall–Kier alpha value is -2.82. The standard InChI is InChI=1S/C14H8F4N2O2/c1-2-3-4-21-10-6-11(20-7-19-10)22-14-12(17)8(15)5-9(16)13(14)18/h5-7H,4H2,1H3. The number of benzene rings is 1. The van der Waals surface area contributed by atoms with Crippen LogP contribution in [0.25, 0.3) is 0 Å². The van der Waals surface area contributed by atoms with Gasteiger partial charge in [0.2, 0.25) is 29.1 Å². The first-order valence-electron chi connectivity index (χ1n) is 5.88. The highest BCUT2D eigenvalue weighted by Gasteiger charge is 2.21. The molecule has 1 heterocycles. The molecule has 8 heteroatoms. The van der Waals surface area contributed by atoms with Crippen LogP contribution in [0.15, 0.2) is 18.5 Å². The third-order valence-corrected chi connectivity index (χ3v) is 2.36. The summed E-state index contributed by atoms with van der Waals surface area (Å²) in [5, 5.41) is 0. The number of ether oxygens (including phenoxy) is 2. The Balaban J connectivity index is 2.27. The average Bonchev–Trinajstić information content (AvgIpc) is 2.50. The summed E-state index contributed by atoms with van der Waals surface area (Å²) in [6.07, 6.45) is 0.996. The molecule has 1 aromatic carbocycles. The summed E-state index contributed by atoms with van der Waals surface area (Å²) in [6.45, 7) is 1.65. The molecule has 4 nitrogen and oxygen atoms in total. The minimum Gasteiger partial charge on any atom is -0.464 e. The normalized spacial score (nSPS) is 9.86. The molecule has 0 aliphatic rings. The van der Waals surface area contributed by atoms with E-state index >= 15 is 0 Å². The molecule has 0 fully saturated rings. The predicted octanol–water partition coefficient (Wildman–Crippen LogP) is 3.23. The molecule has 2 aromatic rings. The number of hydrogen-bond acceptors (Lipinski definition) is 4. The van der Waals surface area contributed by atoms with Crippen molar-refractivity contribution in [1.82, 2.24) is 9.97 Å². The van der Waals surface area contributed by atoms with Crippen molar-refractivity contribution >= 4 is 0 Å². The lowest BCUT2D eigenvalue weighted by Gasteiger charge is -2.08. The fraction of sp³-hybridized carbons (Fsp3) is 0.143. The second-order valence-electron chi connectivity index (χ2n) is 3.81. The molecule has 0 spiro atoms. The fourth-order valence-corrected chi connectivity index (χ4v) is 1.39. The zero-order valence-electron chi connectivity index (χ0n) is 11.2. The smallest absolute Gasteiger partial charge is 0.226 e. The molecule has 0 saturated heterocycles. The van der Waals surface area contributed by atoms with E-state index in [0.717, 1.165) is 12.4 Å². The van der Waals surface area contributed by atoms with Crippen molar-refractivity contribution in [2.45, 2.75) is 6.92 Å². The van der Waals surface area contributed by atoms with Crippen molar-refractivity contribution < 1.29 is 27.0 Å². The Morgan fingerprint density at radius 2 is 1.64 bits per heavy atom. The van der Waals surface area contributed by atoms with Gasteiger partial charge in [0.1, 0.15) is 6.33 Å². The van der Waals surface area contributed by atoms with E-state index in [0.29, 0.717) is 0 Å². The third kappa shape index (κ3) is 3.44. The van der Waals surface area contributed by atoms with Crippen LogP contribution in [0, 0.1) is 35.1 Å². The summed E-state index contributed by atoms with van der Waals surface area (Å²) in [6, 6.07) is 1.18. The molecule has 114 valence electrons. The molecule has 0 bridgehead atoms. The van der Waals surface area contributed by atoms with Gasteiger partial charge in [0.05, 0.1) is 6.07 Å². The van der Waals surface area contributed by atoms with Gasteiger partial charge in [0.15, 0.2) is 18.2 Å². The van der Waals surface area contributed by atoms with E-state index < -0.39 is 29.0 Å². The summed E-state index contributed by atoms with van der Waals surface area (Å²) >= 11 is 0. The van der Waals surface area contributed by atoms with Crippen molar-refractivity contribution in [2.75, 3.05) is 6.61 Å². The lowest BCUT2D eigenvalue weighted by Crippen LogP contribution is -2.02. The summed E-state index contributed by atoms with van der Waals surface area (Å²) in [5.74, 6) is -2.89. The van der Waals surface area contributed by atoms with E-state index in [9.17, 15) is 17.6 Å². The number of aromatic nitrogens is 2. The highest BCUT2D eigenvalue weighted by Crippen LogP contribution is 2.30. The number of hydrogen-bond donors (Lipinski definition) is 0. The number of nitrogens with zero attached hydrogens (tertiary/aromatic N) is 2. The van der Waals surface area contributed by atoms with Crippen LogP contribution in [-0.4, -0.2) is 16.6 Å². The Bertz CT molecular complexity index is 730. The number of rotatable bonds is 4. The van der Waals surface area contributed by atoms with Crippen molar-refractivity contribution in [3.63, 3.8) is 0 Å². The van der Waals surface area contributed by atoms with Gasteiger partial charge >= 0.3 is 0 Å². The molecule has 2 rings (SSSR count). The first-order valence-corrected chi connectivity index (χ1v) is 5.88. The van der Waals surface area contributed by atoms with Gasteiger partial charge in [0, 0.05) is 6.07 Å². The fourth-order valence-electron chi connectivity index (χ4n) is 1.39. The van der Waals surface area contributed by atoms with Crippen LogP contribution >= 0.6 is 0 Å². The molecule has 0 N–H and O–H groups in total. The molecule has 0 aliphatic heterocycles. The summed E-state index contributed by atoms with van der Waals surface area (Å²) in [5.41, 5.74) is 0. The third-order valence-electron chi connectivity index (χ3n) is 2.36. The summed E-state index contributed by atoms with van der Waals surface area (Å²) < 4.78 is 62.9. The number of halogens is 4. The maximum atomic E-state index is 13.5. The highest BCUT2D eigenvalue weighted by atomic mass is 19.2. The minimum absolute atomic E-state index is 0.0189. The molecular formula is C14H8F4N2O2. The Kier molecular flexibility index (Phi) is 4.78. The minimum atomic E-state index is -1.67. The molecule has 1 aromatic heterocycles. The Labute approximate surface area is 122 Å². The molecular weight excluding hydrogens is 304 g/mol. The quantitative estimate of drug-likeness (QED) is 0.494. The highest BCUT2D eigenvalue weighted by molar-refractivity contribution is 5.33. The maximum absolute atomic E-state index is 13.5. The van der Waals surface area contributed by atoms with Crippen molar-refractivity contribution in [3.8, 4) is 29.4 Å². The molecule has 0 aliphatic carbocycles. The van der Waals surface area contributed by atoms with Gasteiger partial charge in [-0.25, -0.2) is 18.7 Å². The first kappa shape index (κ1) is 15.6. The van der Waals surface area contributed by atoms with E-state index in [1.807, 2.05) is 0 Å². The molecule has 0 unspecified atom stereocenters. The van der Waals surface area contributed by atoms with E-state index in [2.05, 4.69) is 21.8 Å². The van der Waals surface area contributed by atoms with Crippen molar-refractivity contribution in [2.24, 2.45) is 0 Å². The van der Waals surface area contributed by atoms with Crippen LogP contribution in [-0.2, 0) is 0 Å². The van der Waals surface area contributed by atoms with Crippen LogP contribution in [0.3, 0.4) is 0 Å². The van der Waals surface area contributed by atoms with Gasteiger partial charge in [-0.2, -0.15) is 8.78 Å². The van der Waals surface area contributed by atoms with Gasteiger partial charge < -0.3 is 9.47 Å². The van der Waals surface area contributed by atoms with Crippen LogP contribution in [0.1, 0.15) is 6.92 Å². The van der Waals surface area contributed by atoms with E-state index in [-0.39, 0.29) is 24.4 Å². The van der Waals surface area contributed by atoms with Gasteiger partial charge in [-0.05, 0) is 6.92 Å². The Morgan fingerprint density at radius 1 is 1.00 bits per heavy atom. The lowest BCUT2D eigenvalue weighted by molar-refractivity contribution is 0.339. The monoisotopic (exact) mass is 312 g/mol. The zero-order chi connectivity index (χ0) is 16.1. The van der Waals surface area contributed by atoms with Crippen molar-refractivity contribution in [3.05, 3.63) is 41.7 Å². The largest absolute Gasteiger partial charge is 0.464 e. The molecule has 22 heavy (non-hydrogen) atoms. The average molecular weight is 312 g/mol. The van der Waals surface area contributed by atoms with E-state index in [1.54, 1.807) is 6.92 Å². The van der Waals surface area contributed by atoms with Crippen molar-refractivity contribution in [1.29, 1.82) is 0 Å². The molecule has 0 amide bonds. The second-order valence-corrected chi connectivity index (χ2v) is 3.81. The SMILES string of the molecule is CC#CCOc1cc(Oc2c(F)c(F)cc(F)c2F)ncn1. The van der Waals surface area contributed by atoms with Gasteiger partial charge in [-0.1, -0.05) is 5.92 Å².